The van der Waals surface area contributed by atoms with Gasteiger partial charge in [0.15, 0.2) is 0 Å². The van der Waals surface area contributed by atoms with Crippen molar-refractivity contribution in [1.29, 1.82) is 0 Å². The van der Waals surface area contributed by atoms with E-state index in [-0.39, 0.29) is 6.42 Å². The van der Waals surface area contributed by atoms with Crippen LogP contribution in [0.2, 0.25) is 0 Å². The van der Waals surface area contributed by atoms with Crippen LogP contribution in [0.1, 0.15) is 31.7 Å². The molecule has 0 aliphatic carbocycles. The average Bonchev–Trinajstić information content (AvgIpc) is 2.73. The molecule has 0 aromatic heterocycles. The fourth-order valence-electron chi connectivity index (χ4n) is 3.74. The number of nitrogens with zero attached hydrogens (tertiary/aromatic N) is 1. The molecule has 0 spiro atoms. The number of benzene rings is 2. The Labute approximate surface area is 172 Å². The summed E-state index contributed by atoms with van der Waals surface area (Å²) in [6, 6.07) is 16.4. The highest BCUT2D eigenvalue weighted by Crippen LogP contribution is 2.37. The van der Waals surface area contributed by atoms with Gasteiger partial charge in [-0.25, -0.2) is 8.42 Å². The van der Waals surface area contributed by atoms with Crippen LogP contribution in [0.15, 0.2) is 59.5 Å². The highest BCUT2D eigenvalue weighted by Gasteiger charge is 2.40. The van der Waals surface area contributed by atoms with Gasteiger partial charge in [0.05, 0.1) is 11.5 Å². The number of amides is 1. The van der Waals surface area contributed by atoms with Crippen LogP contribution in [0.5, 0.6) is 5.75 Å². The van der Waals surface area contributed by atoms with Gasteiger partial charge in [0.25, 0.3) is 0 Å². The van der Waals surface area contributed by atoms with Crippen LogP contribution in [0.4, 0.5) is 0 Å². The van der Waals surface area contributed by atoms with Crippen molar-refractivity contribution in [3.63, 3.8) is 0 Å². The molecule has 0 radical (unpaired) electrons. The van der Waals surface area contributed by atoms with Crippen LogP contribution < -0.4 is 10.5 Å². The average molecular weight is 417 g/mol. The minimum Gasteiger partial charge on any atom is -0.493 e. The molecule has 156 valence electrons. The zero-order chi connectivity index (χ0) is 20.9. The first-order valence-electron chi connectivity index (χ1n) is 9.90. The van der Waals surface area contributed by atoms with E-state index in [9.17, 15) is 13.2 Å². The number of ether oxygens (including phenoxy) is 1. The highest BCUT2D eigenvalue weighted by atomic mass is 32.2. The van der Waals surface area contributed by atoms with Crippen molar-refractivity contribution in [1.82, 2.24) is 4.31 Å². The van der Waals surface area contributed by atoms with E-state index in [1.165, 1.54) is 4.31 Å². The van der Waals surface area contributed by atoms with Gasteiger partial charge in [-0.2, -0.15) is 4.31 Å². The number of hydrogen-bond donors (Lipinski definition) is 1. The van der Waals surface area contributed by atoms with Crippen molar-refractivity contribution in [3.05, 3.63) is 60.2 Å². The predicted octanol–water partition coefficient (Wildman–Crippen LogP) is 2.97. The zero-order valence-corrected chi connectivity index (χ0v) is 17.5. The van der Waals surface area contributed by atoms with Gasteiger partial charge < -0.3 is 10.5 Å². The first-order valence-corrected chi connectivity index (χ1v) is 11.3. The first-order chi connectivity index (χ1) is 13.8. The Morgan fingerprint density at radius 1 is 1.07 bits per heavy atom. The lowest BCUT2D eigenvalue weighted by atomic mass is 9.76. The van der Waals surface area contributed by atoms with Crippen molar-refractivity contribution in [3.8, 4) is 5.75 Å². The molecule has 29 heavy (non-hydrogen) atoms. The second kappa shape index (κ2) is 8.97. The van der Waals surface area contributed by atoms with Crippen molar-refractivity contribution < 1.29 is 17.9 Å². The molecule has 1 amide bonds. The Balaban J connectivity index is 1.70. The van der Waals surface area contributed by atoms with Crippen molar-refractivity contribution in [2.45, 2.75) is 37.5 Å². The Morgan fingerprint density at radius 2 is 1.69 bits per heavy atom. The molecule has 1 heterocycles. The number of sulfonamides is 1. The molecule has 7 heteroatoms. The largest absolute Gasteiger partial charge is 0.493 e. The SMILES string of the molecule is CCc1ccc(S(=O)(=O)N2CCC(COc3ccccc3)(CC(N)=O)CC2)cc1. The maximum Gasteiger partial charge on any atom is 0.243 e. The van der Waals surface area contributed by atoms with Crippen LogP contribution >= 0.6 is 0 Å². The van der Waals surface area contributed by atoms with E-state index < -0.39 is 21.3 Å². The summed E-state index contributed by atoms with van der Waals surface area (Å²) in [5.41, 5.74) is 6.13. The fraction of sp³-hybridized carbons (Fsp3) is 0.409. The molecule has 1 aliphatic heterocycles. The Morgan fingerprint density at radius 3 is 2.24 bits per heavy atom. The third kappa shape index (κ3) is 5.16. The molecule has 1 aliphatic rings. The summed E-state index contributed by atoms with van der Waals surface area (Å²) in [4.78, 5) is 12.0. The quantitative estimate of drug-likeness (QED) is 0.716. The fourth-order valence-corrected chi connectivity index (χ4v) is 5.18. The number of carbonyl (C=O) groups is 1. The van der Waals surface area contributed by atoms with E-state index >= 15 is 0 Å². The number of hydrogen-bond acceptors (Lipinski definition) is 4. The number of rotatable bonds is 8. The van der Waals surface area contributed by atoms with E-state index in [0.717, 1.165) is 17.7 Å². The lowest BCUT2D eigenvalue weighted by Gasteiger charge is -2.40. The van der Waals surface area contributed by atoms with Crippen molar-refractivity contribution >= 4 is 15.9 Å². The summed E-state index contributed by atoms with van der Waals surface area (Å²) < 4.78 is 33.4. The number of piperidine rings is 1. The molecule has 1 fully saturated rings. The second-order valence-electron chi connectivity index (χ2n) is 7.65. The molecule has 2 N–H and O–H groups in total. The van der Waals surface area contributed by atoms with E-state index in [2.05, 4.69) is 0 Å². The maximum atomic E-state index is 13.0. The van der Waals surface area contributed by atoms with E-state index in [1.54, 1.807) is 12.1 Å². The minimum absolute atomic E-state index is 0.179. The third-order valence-electron chi connectivity index (χ3n) is 5.59. The molecule has 2 aromatic rings. The van der Waals surface area contributed by atoms with E-state index in [4.69, 9.17) is 10.5 Å². The smallest absolute Gasteiger partial charge is 0.243 e. The predicted molar refractivity (Wildman–Crippen MR) is 112 cm³/mol. The molecule has 0 saturated carbocycles. The summed E-state index contributed by atoms with van der Waals surface area (Å²) in [7, 11) is -3.56. The number of carbonyl (C=O) groups excluding carboxylic acids is 1. The molecular weight excluding hydrogens is 388 g/mol. The van der Waals surface area contributed by atoms with Gasteiger partial charge >= 0.3 is 0 Å². The van der Waals surface area contributed by atoms with Gasteiger partial charge in [0.1, 0.15) is 5.75 Å². The molecule has 0 unspecified atom stereocenters. The monoisotopic (exact) mass is 416 g/mol. The Bertz CT molecular complexity index is 919. The third-order valence-corrected chi connectivity index (χ3v) is 7.50. The number of aryl methyl sites for hydroxylation is 1. The topological polar surface area (TPSA) is 89.7 Å². The molecular formula is C22H28N2O4S. The van der Waals surface area contributed by atoms with Crippen molar-refractivity contribution in [2.24, 2.45) is 11.1 Å². The number of para-hydroxylation sites is 1. The van der Waals surface area contributed by atoms with E-state index in [0.29, 0.717) is 37.4 Å². The highest BCUT2D eigenvalue weighted by molar-refractivity contribution is 7.89. The lowest BCUT2D eigenvalue weighted by molar-refractivity contribution is -0.121. The van der Waals surface area contributed by atoms with Gasteiger partial charge in [-0.1, -0.05) is 37.3 Å². The van der Waals surface area contributed by atoms with Gasteiger partial charge in [0, 0.05) is 24.9 Å². The van der Waals surface area contributed by atoms with Crippen LogP contribution in [0, 0.1) is 5.41 Å². The molecule has 0 bridgehead atoms. The van der Waals surface area contributed by atoms with Crippen LogP contribution in [-0.2, 0) is 21.2 Å². The van der Waals surface area contributed by atoms with Crippen LogP contribution in [-0.4, -0.2) is 38.3 Å². The van der Waals surface area contributed by atoms with Gasteiger partial charge in [0.2, 0.25) is 15.9 Å². The Kier molecular flexibility index (Phi) is 6.59. The molecule has 3 rings (SSSR count). The maximum absolute atomic E-state index is 13.0. The molecule has 0 atom stereocenters. The lowest BCUT2D eigenvalue weighted by Crippen LogP contribution is -2.47. The minimum atomic E-state index is -3.56. The van der Waals surface area contributed by atoms with Crippen LogP contribution in [0.25, 0.3) is 0 Å². The van der Waals surface area contributed by atoms with Gasteiger partial charge in [-0.15, -0.1) is 0 Å². The molecule has 6 nitrogen and oxygen atoms in total. The summed E-state index contributed by atoms with van der Waals surface area (Å²) in [5, 5.41) is 0. The number of nitrogens with two attached hydrogens (primary N) is 1. The van der Waals surface area contributed by atoms with Gasteiger partial charge in [-0.3, -0.25) is 4.79 Å². The summed E-state index contributed by atoms with van der Waals surface area (Å²) in [6.45, 7) is 3.04. The molecule has 1 saturated heterocycles. The second-order valence-corrected chi connectivity index (χ2v) is 9.58. The molecule has 2 aromatic carbocycles. The number of primary amides is 1. The van der Waals surface area contributed by atoms with Crippen molar-refractivity contribution in [2.75, 3.05) is 19.7 Å². The zero-order valence-electron chi connectivity index (χ0n) is 16.7. The van der Waals surface area contributed by atoms with Gasteiger partial charge in [-0.05, 0) is 49.1 Å². The first kappa shape index (κ1) is 21.3. The van der Waals surface area contributed by atoms with E-state index in [1.807, 2.05) is 49.4 Å². The summed E-state index contributed by atoms with van der Waals surface area (Å²) in [6.07, 6.45) is 2.09. The standard InChI is InChI=1S/C22H28N2O4S/c1-2-18-8-10-20(11-9-18)29(26,27)24-14-12-22(13-15-24,16-21(23)25)17-28-19-6-4-3-5-7-19/h3-11H,2,12-17H2,1H3,(H2,23,25). The van der Waals surface area contributed by atoms with Crippen LogP contribution in [0.3, 0.4) is 0 Å². The Hall–Kier alpha value is -2.38. The normalized spacial score (nSPS) is 17.0. The summed E-state index contributed by atoms with van der Waals surface area (Å²) >= 11 is 0. The summed E-state index contributed by atoms with van der Waals surface area (Å²) in [5.74, 6) is 0.329.